The number of primary amides is 1. The lowest BCUT2D eigenvalue weighted by atomic mass is 9.85. The van der Waals surface area contributed by atoms with Crippen LogP contribution in [-0.2, 0) is 67.2 Å². The molecule has 0 saturated carbocycles. The summed E-state index contributed by atoms with van der Waals surface area (Å²) in [7, 11) is 0. The fourth-order valence-corrected chi connectivity index (χ4v) is 8.93. The molecule has 7 atom stereocenters. The summed E-state index contributed by atoms with van der Waals surface area (Å²) >= 11 is 0. The summed E-state index contributed by atoms with van der Waals surface area (Å²) in [6.07, 6.45) is 4.16. The van der Waals surface area contributed by atoms with Crippen LogP contribution in [0.15, 0.2) is 78.3 Å². The van der Waals surface area contributed by atoms with Gasteiger partial charge in [0, 0.05) is 100.0 Å². The molecule has 4 aromatic rings. The van der Waals surface area contributed by atoms with Crippen molar-refractivity contribution in [1.82, 2.24) is 52.2 Å². The number of aromatic amines is 2. The number of carbonyl (C=O) groups is 10. The number of fused-ring (bicyclic) bond motifs is 1. The van der Waals surface area contributed by atoms with Crippen molar-refractivity contribution in [2.24, 2.45) is 34.0 Å². The van der Waals surface area contributed by atoms with Gasteiger partial charge in [-0.2, -0.15) is 0 Å². The quantitative estimate of drug-likeness (QED) is 0.0325. The summed E-state index contributed by atoms with van der Waals surface area (Å²) in [5.41, 5.74) is 19.5. The van der Waals surface area contributed by atoms with Gasteiger partial charge in [0.25, 0.3) is 0 Å². The summed E-state index contributed by atoms with van der Waals surface area (Å²) in [6.45, 7) is 2.62. The van der Waals surface area contributed by atoms with Crippen molar-refractivity contribution < 1.29 is 47.9 Å². The van der Waals surface area contributed by atoms with Crippen molar-refractivity contribution in [2.45, 2.75) is 128 Å². The molecule has 0 bridgehead atoms. The lowest BCUT2D eigenvalue weighted by molar-refractivity contribution is -0.135. The van der Waals surface area contributed by atoms with Crippen LogP contribution in [-0.4, -0.2) is 130 Å². The molecule has 0 unspecified atom stereocenters. The van der Waals surface area contributed by atoms with Crippen LogP contribution in [0.2, 0.25) is 0 Å². The number of rotatable bonds is 19. The van der Waals surface area contributed by atoms with E-state index in [4.69, 9.17) is 17.2 Å². The van der Waals surface area contributed by atoms with E-state index in [9.17, 15) is 47.9 Å². The first-order valence-electron chi connectivity index (χ1n) is 25.9. The summed E-state index contributed by atoms with van der Waals surface area (Å²) in [5.74, 6) is -9.47. The standard InChI is InChI=1S/C53H72N14O10/c1-3-4-15-39(63-31(2)68)50(75)64-40-19-21-58-46(71)17-18-47(72)61-28-35(49(74)66-42(48(54)73)23-34-27-60-38-16-9-8-14-37(34)38)25-44(69)33(13-10-20-59-53(55)56)24-45(70)41(22-32-11-6-5-7-12-32)65-52(77)43(67-51(40)76)26-36-29-57-30-62-36/h5-9,11-12,14,16,27,29-30,33,35,39-43,60H,3-4,10,13,15,17-26,28H2,1-2H3,(H2,54,73)(H,57,62)(H,58,71)(H,61,72)(H,63,68)(H,64,75)(H,65,77)(H,66,74)(H,67,76)(H4,55,56,59)/t33-,35+,39+,40+,41-,42+,43+/m1/s1. The Labute approximate surface area is 445 Å². The molecule has 0 spiro atoms. The minimum atomic E-state index is -1.40. The summed E-state index contributed by atoms with van der Waals surface area (Å²) < 4.78 is 0. The minimum Gasteiger partial charge on any atom is -0.370 e. The lowest BCUT2D eigenvalue weighted by Crippen LogP contribution is -2.58. The monoisotopic (exact) mass is 1060 g/mol. The van der Waals surface area contributed by atoms with Crippen LogP contribution >= 0.6 is 0 Å². The van der Waals surface area contributed by atoms with E-state index in [1.54, 1.807) is 36.5 Å². The van der Waals surface area contributed by atoms with Crippen molar-refractivity contribution in [3.8, 4) is 0 Å². The number of benzene rings is 2. The Bertz CT molecular complexity index is 2710. The average Bonchev–Trinajstić information content (AvgIpc) is 4.07. The number of H-pyrrole nitrogens is 2. The number of imidazole rings is 1. The second-order valence-corrected chi connectivity index (χ2v) is 19.2. The van der Waals surface area contributed by atoms with Crippen LogP contribution in [0.5, 0.6) is 0 Å². The third-order valence-electron chi connectivity index (χ3n) is 13.1. The van der Waals surface area contributed by atoms with Gasteiger partial charge >= 0.3 is 0 Å². The number of amides is 8. The molecule has 1 aliphatic heterocycles. The van der Waals surface area contributed by atoms with Crippen molar-refractivity contribution in [3.05, 3.63) is 90.1 Å². The summed E-state index contributed by atoms with van der Waals surface area (Å²) in [4.78, 5) is 152. The van der Waals surface area contributed by atoms with Gasteiger partial charge in [0.1, 0.15) is 30.0 Å². The SMILES string of the molecule is CCCC[C@H](NC(C)=O)C(=O)N[C@H]1CCNC(=O)CCC(=O)NC[C@@H](C(=O)N[C@@H](Cc2c[nH]c3ccccc23)C(N)=O)CC(=O)[C@H](CCCN=C(N)N)CC(=O)[C@@H](Cc2ccccc2)NC(=O)[C@H](Cc2cnc[nH]2)NC1=O. The average molecular weight is 1070 g/mol. The maximum Gasteiger partial charge on any atom is 0.243 e. The number of para-hydroxylation sites is 1. The fraction of sp³-hybridized carbons (Fsp3) is 0.472. The molecule has 5 rings (SSSR count). The molecule has 1 fully saturated rings. The Balaban J connectivity index is 1.51. The number of nitrogens with zero attached hydrogens (tertiary/aromatic N) is 2. The third kappa shape index (κ3) is 19.7. The van der Waals surface area contributed by atoms with E-state index in [-0.39, 0.29) is 76.8 Å². The van der Waals surface area contributed by atoms with Crippen molar-refractivity contribution >= 4 is 75.7 Å². The third-order valence-corrected chi connectivity index (χ3v) is 13.1. The second-order valence-electron chi connectivity index (χ2n) is 19.2. The van der Waals surface area contributed by atoms with E-state index in [1.807, 2.05) is 31.2 Å². The first-order chi connectivity index (χ1) is 36.9. The molecule has 2 aromatic heterocycles. The number of nitrogens with one attached hydrogen (secondary N) is 9. The predicted octanol–water partition coefficient (Wildman–Crippen LogP) is -0.341. The Hall–Kier alpha value is -8.44. The number of Topliss-reactive ketones (excluding diaryl/α,β-unsaturated/α-hetero) is 2. The van der Waals surface area contributed by atoms with E-state index in [2.05, 4.69) is 57.2 Å². The van der Waals surface area contributed by atoms with Crippen LogP contribution in [0.25, 0.3) is 10.9 Å². The molecule has 8 amide bonds. The van der Waals surface area contributed by atoms with Gasteiger partial charge in [0.05, 0.1) is 18.3 Å². The Morgan fingerprint density at radius 2 is 1.51 bits per heavy atom. The topological polar surface area (TPSA) is 390 Å². The van der Waals surface area contributed by atoms with E-state index in [1.165, 1.54) is 19.4 Å². The second kappa shape index (κ2) is 30.2. The number of hydrogen-bond donors (Lipinski definition) is 12. The number of hydrogen-bond acceptors (Lipinski definition) is 12. The van der Waals surface area contributed by atoms with E-state index >= 15 is 0 Å². The molecule has 414 valence electrons. The zero-order valence-corrected chi connectivity index (χ0v) is 43.5. The number of unbranched alkanes of at least 4 members (excludes halogenated alkanes) is 1. The zero-order valence-electron chi connectivity index (χ0n) is 43.5. The highest BCUT2D eigenvalue weighted by molar-refractivity contribution is 5.98. The van der Waals surface area contributed by atoms with Gasteiger partial charge in [-0.15, -0.1) is 0 Å². The molecule has 77 heavy (non-hydrogen) atoms. The van der Waals surface area contributed by atoms with Gasteiger partial charge in [-0.1, -0.05) is 68.3 Å². The number of nitrogens with two attached hydrogens (primary N) is 3. The first kappa shape index (κ1) is 59.4. The smallest absolute Gasteiger partial charge is 0.243 e. The van der Waals surface area contributed by atoms with Gasteiger partial charge in [0.15, 0.2) is 11.7 Å². The zero-order chi connectivity index (χ0) is 55.9. The summed E-state index contributed by atoms with van der Waals surface area (Å²) in [5, 5.41) is 19.6. The Morgan fingerprint density at radius 1 is 0.792 bits per heavy atom. The molecule has 2 aromatic carbocycles. The fourth-order valence-electron chi connectivity index (χ4n) is 8.93. The minimum absolute atomic E-state index is 0.0141. The normalized spacial score (nSPS) is 20.4. The van der Waals surface area contributed by atoms with Crippen molar-refractivity contribution in [1.29, 1.82) is 0 Å². The van der Waals surface area contributed by atoms with Crippen LogP contribution < -0.4 is 54.4 Å². The number of guanidine groups is 1. The molecule has 3 heterocycles. The summed E-state index contributed by atoms with van der Waals surface area (Å²) in [6, 6.07) is 9.76. The first-order valence-corrected chi connectivity index (χ1v) is 25.9. The predicted molar refractivity (Wildman–Crippen MR) is 284 cm³/mol. The number of ketones is 2. The highest BCUT2D eigenvalue weighted by Crippen LogP contribution is 2.23. The van der Waals surface area contributed by atoms with E-state index in [0.29, 0.717) is 29.7 Å². The molecular formula is C53H72N14O10. The maximum absolute atomic E-state index is 14.8. The molecule has 0 aliphatic carbocycles. The molecule has 0 radical (unpaired) electrons. The number of carbonyl (C=O) groups excluding carboxylic acids is 10. The number of aliphatic imine (C=N–C) groups is 1. The van der Waals surface area contributed by atoms with Crippen molar-refractivity contribution in [3.63, 3.8) is 0 Å². The number of aromatic nitrogens is 3. The highest BCUT2D eigenvalue weighted by atomic mass is 16.2. The van der Waals surface area contributed by atoms with Gasteiger partial charge in [-0.05, 0) is 49.3 Å². The van der Waals surface area contributed by atoms with E-state index < -0.39 is 120 Å². The highest BCUT2D eigenvalue weighted by Gasteiger charge is 2.35. The Morgan fingerprint density at radius 3 is 2.19 bits per heavy atom. The maximum atomic E-state index is 14.8. The van der Waals surface area contributed by atoms with Gasteiger partial charge in [0.2, 0.25) is 47.3 Å². The van der Waals surface area contributed by atoms with Crippen LogP contribution in [0.1, 0.15) is 94.9 Å². The molecule has 1 saturated heterocycles. The molecule has 24 nitrogen and oxygen atoms in total. The van der Waals surface area contributed by atoms with Gasteiger partial charge in [-0.25, -0.2) is 4.98 Å². The largest absolute Gasteiger partial charge is 0.370 e. The Kier molecular flexibility index (Phi) is 23.3. The molecule has 15 N–H and O–H groups in total. The van der Waals surface area contributed by atoms with Gasteiger partial charge < -0.3 is 64.4 Å². The van der Waals surface area contributed by atoms with Crippen LogP contribution in [0.3, 0.4) is 0 Å². The van der Waals surface area contributed by atoms with E-state index in [0.717, 1.165) is 10.9 Å². The molecular weight excluding hydrogens is 993 g/mol. The van der Waals surface area contributed by atoms with Gasteiger partial charge in [-0.3, -0.25) is 52.9 Å². The molecule has 1 aliphatic rings. The molecule has 24 heteroatoms. The van der Waals surface area contributed by atoms with Crippen molar-refractivity contribution in [2.75, 3.05) is 19.6 Å². The lowest BCUT2D eigenvalue weighted by Gasteiger charge is -2.27. The van der Waals surface area contributed by atoms with Crippen LogP contribution in [0, 0.1) is 11.8 Å². The van der Waals surface area contributed by atoms with Crippen LogP contribution in [0.4, 0.5) is 0 Å².